The summed E-state index contributed by atoms with van der Waals surface area (Å²) in [5.41, 5.74) is 5.14. The molecular weight excluding hydrogens is 512 g/mol. The highest BCUT2D eigenvalue weighted by molar-refractivity contribution is 9.10. The number of ether oxygens (including phenoxy) is 1. The maximum atomic E-state index is 12.6. The molecule has 2 atom stereocenters. The van der Waals surface area contributed by atoms with E-state index in [4.69, 9.17) is 9.84 Å². The lowest BCUT2D eigenvalue weighted by atomic mass is 9.98. The van der Waals surface area contributed by atoms with E-state index in [0.29, 0.717) is 23.1 Å². The summed E-state index contributed by atoms with van der Waals surface area (Å²) in [6.07, 6.45) is 0.140. The van der Waals surface area contributed by atoms with E-state index < -0.39 is 12.1 Å². The SMILES string of the molecule is O=C(NC[C@H]1C[C@H]1C(=O)Nc1cc(C(=O)O)ccc1Br)OCC1c2ccccc2-c2ccccc21. The molecule has 1 saturated carbocycles. The van der Waals surface area contributed by atoms with Crippen molar-refractivity contribution in [2.75, 3.05) is 18.5 Å². The zero-order valence-electron chi connectivity index (χ0n) is 18.7. The fourth-order valence-electron chi connectivity index (χ4n) is 4.64. The molecule has 2 amide bonds. The van der Waals surface area contributed by atoms with Crippen molar-refractivity contribution < 1.29 is 24.2 Å². The normalized spacial score (nSPS) is 17.7. The van der Waals surface area contributed by atoms with Crippen molar-refractivity contribution in [2.45, 2.75) is 12.3 Å². The molecule has 2 aliphatic carbocycles. The Morgan fingerprint density at radius 3 is 2.29 bits per heavy atom. The van der Waals surface area contributed by atoms with Crippen LogP contribution in [0.4, 0.5) is 10.5 Å². The van der Waals surface area contributed by atoms with Crippen molar-refractivity contribution >= 4 is 39.6 Å². The van der Waals surface area contributed by atoms with Gasteiger partial charge >= 0.3 is 12.1 Å². The molecule has 0 saturated heterocycles. The molecule has 7 nitrogen and oxygen atoms in total. The molecule has 0 unspecified atom stereocenters. The highest BCUT2D eigenvalue weighted by atomic mass is 79.9. The summed E-state index contributed by atoms with van der Waals surface area (Å²) in [5.74, 6) is -1.51. The molecule has 2 aliphatic rings. The van der Waals surface area contributed by atoms with Crippen LogP contribution >= 0.6 is 15.9 Å². The monoisotopic (exact) mass is 534 g/mol. The molecule has 5 rings (SSSR count). The van der Waals surface area contributed by atoms with Crippen molar-refractivity contribution in [1.29, 1.82) is 0 Å². The minimum absolute atomic E-state index is 0.00684. The Hall–Kier alpha value is -3.65. The van der Waals surface area contributed by atoms with Gasteiger partial charge in [-0.15, -0.1) is 0 Å². The largest absolute Gasteiger partial charge is 0.478 e. The van der Waals surface area contributed by atoms with Gasteiger partial charge in [0.1, 0.15) is 6.61 Å². The number of hydrogen-bond acceptors (Lipinski definition) is 4. The second kappa shape index (κ2) is 9.54. The Kier molecular flexibility index (Phi) is 6.30. The zero-order chi connectivity index (χ0) is 24.5. The van der Waals surface area contributed by atoms with Gasteiger partial charge in [-0.05, 0) is 68.7 Å². The summed E-state index contributed by atoms with van der Waals surface area (Å²) in [7, 11) is 0. The maximum Gasteiger partial charge on any atom is 0.407 e. The number of anilines is 1. The number of rotatable bonds is 7. The van der Waals surface area contributed by atoms with Crippen LogP contribution in [0.25, 0.3) is 11.1 Å². The van der Waals surface area contributed by atoms with Crippen LogP contribution in [0.1, 0.15) is 33.8 Å². The summed E-state index contributed by atoms with van der Waals surface area (Å²) >= 11 is 3.33. The molecule has 1 fully saturated rings. The van der Waals surface area contributed by atoms with Crippen molar-refractivity contribution in [2.24, 2.45) is 11.8 Å². The fourth-order valence-corrected chi connectivity index (χ4v) is 4.98. The number of hydrogen-bond donors (Lipinski definition) is 3. The van der Waals surface area contributed by atoms with Crippen LogP contribution in [-0.4, -0.2) is 36.2 Å². The van der Waals surface area contributed by atoms with Gasteiger partial charge in [0.25, 0.3) is 0 Å². The van der Waals surface area contributed by atoms with Crippen molar-refractivity contribution in [3.05, 3.63) is 87.9 Å². The van der Waals surface area contributed by atoms with E-state index in [-0.39, 0.29) is 35.8 Å². The third-order valence-electron chi connectivity index (χ3n) is 6.58. The maximum absolute atomic E-state index is 12.6. The van der Waals surface area contributed by atoms with E-state index in [0.717, 1.165) is 11.1 Å². The number of alkyl carbamates (subject to hydrolysis) is 1. The molecule has 35 heavy (non-hydrogen) atoms. The Morgan fingerprint density at radius 2 is 1.63 bits per heavy atom. The standard InChI is InChI=1S/C27H23BrN2O5/c28-23-10-9-15(26(32)33)12-24(23)30-25(31)21-11-16(21)13-29-27(34)35-14-22-19-7-3-1-5-17(19)18-6-2-4-8-20(18)22/h1-10,12,16,21-22H,11,13-14H2,(H,29,34)(H,30,31)(H,32,33)/t16-,21-/m1/s1. The van der Waals surface area contributed by atoms with Crippen LogP contribution in [0.5, 0.6) is 0 Å². The number of benzene rings is 3. The van der Waals surface area contributed by atoms with Gasteiger partial charge in [0.2, 0.25) is 5.91 Å². The zero-order valence-corrected chi connectivity index (χ0v) is 20.2. The number of amides is 2. The second-order valence-corrected chi connectivity index (χ2v) is 9.65. The van der Waals surface area contributed by atoms with Crippen LogP contribution in [-0.2, 0) is 9.53 Å². The van der Waals surface area contributed by atoms with Crippen LogP contribution in [0.15, 0.2) is 71.2 Å². The van der Waals surface area contributed by atoms with Crippen molar-refractivity contribution in [3.63, 3.8) is 0 Å². The second-order valence-electron chi connectivity index (χ2n) is 8.80. The van der Waals surface area contributed by atoms with Gasteiger partial charge in [-0.2, -0.15) is 0 Å². The van der Waals surface area contributed by atoms with Gasteiger partial charge in [-0.25, -0.2) is 9.59 Å². The minimum Gasteiger partial charge on any atom is -0.478 e. The lowest BCUT2D eigenvalue weighted by Gasteiger charge is -2.14. The lowest BCUT2D eigenvalue weighted by Crippen LogP contribution is -2.29. The number of carbonyl (C=O) groups excluding carboxylic acids is 2. The average Bonchev–Trinajstić information content (AvgIpc) is 3.58. The highest BCUT2D eigenvalue weighted by Crippen LogP contribution is 2.44. The summed E-state index contributed by atoms with van der Waals surface area (Å²) in [4.78, 5) is 36.1. The van der Waals surface area contributed by atoms with Gasteiger partial charge < -0.3 is 20.5 Å². The molecule has 3 aromatic rings. The third-order valence-corrected chi connectivity index (χ3v) is 7.27. The Bertz CT molecular complexity index is 1280. The molecule has 178 valence electrons. The van der Waals surface area contributed by atoms with Crippen LogP contribution < -0.4 is 10.6 Å². The average molecular weight is 535 g/mol. The van der Waals surface area contributed by atoms with Crippen molar-refractivity contribution in [1.82, 2.24) is 5.32 Å². The number of carboxylic acid groups (broad SMARTS) is 1. The van der Waals surface area contributed by atoms with E-state index in [9.17, 15) is 14.4 Å². The molecule has 3 aromatic carbocycles. The molecule has 0 heterocycles. The minimum atomic E-state index is -1.07. The van der Waals surface area contributed by atoms with Gasteiger partial charge in [-0.1, -0.05) is 48.5 Å². The van der Waals surface area contributed by atoms with E-state index in [1.54, 1.807) is 6.07 Å². The van der Waals surface area contributed by atoms with E-state index >= 15 is 0 Å². The van der Waals surface area contributed by atoms with E-state index in [1.165, 1.54) is 23.3 Å². The Balaban J connectivity index is 1.11. The van der Waals surface area contributed by atoms with E-state index in [1.807, 2.05) is 24.3 Å². The first-order valence-electron chi connectivity index (χ1n) is 11.3. The molecule has 3 N–H and O–H groups in total. The molecule has 0 spiro atoms. The predicted molar refractivity (Wildman–Crippen MR) is 134 cm³/mol. The summed E-state index contributed by atoms with van der Waals surface area (Å²) in [5, 5.41) is 14.7. The molecular formula is C27H23BrN2O5. The predicted octanol–water partition coefficient (Wildman–Crippen LogP) is 5.26. The third kappa shape index (κ3) is 4.79. The number of carboxylic acids is 1. The summed E-state index contributed by atoms with van der Waals surface area (Å²) < 4.78 is 6.15. The molecule has 8 heteroatoms. The van der Waals surface area contributed by atoms with Gasteiger partial charge in [0.05, 0.1) is 11.3 Å². The Morgan fingerprint density at radius 1 is 0.971 bits per heavy atom. The molecule has 0 aliphatic heterocycles. The van der Waals surface area contributed by atoms with Gasteiger partial charge in [0, 0.05) is 22.9 Å². The van der Waals surface area contributed by atoms with E-state index in [2.05, 4.69) is 50.8 Å². The lowest BCUT2D eigenvalue weighted by molar-refractivity contribution is -0.117. The number of fused-ring (bicyclic) bond motifs is 3. The quantitative estimate of drug-likeness (QED) is 0.383. The van der Waals surface area contributed by atoms with Gasteiger partial charge in [-0.3, -0.25) is 4.79 Å². The van der Waals surface area contributed by atoms with Crippen LogP contribution in [0, 0.1) is 11.8 Å². The molecule has 0 bridgehead atoms. The fraction of sp³-hybridized carbons (Fsp3) is 0.222. The first kappa shape index (κ1) is 23.1. The molecule has 0 radical (unpaired) electrons. The smallest absolute Gasteiger partial charge is 0.407 e. The number of carbonyl (C=O) groups is 3. The first-order chi connectivity index (χ1) is 16.9. The highest BCUT2D eigenvalue weighted by Gasteiger charge is 2.43. The van der Waals surface area contributed by atoms with Crippen LogP contribution in [0.2, 0.25) is 0 Å². The Labute approximate surface area is 210 Å². The van der Waals surface area contributed by atoms with Crippen LogP contribution in [0.3, 0.4) is 0 Å². The summed E-state index contributed by atoms with van der Waals surface area (Å²) in [6, 6.07) is 20.8. The first-order valence-corrected chi connectivity index (χ1v) is 12.1. The van der Waals surface area contributed by atoms with Gasteiger partial charge in [0.15, 0.2) is 0 Å². The van der Waals surface area contributed by atoms with Crippen molar-refractivity contribution in [3.8, 4) is 11.1 Å². The number of nitrogens with one attached hydrogen (secondary N) is 2. The number of halogens is 1. The topological polar surface area (TPSA) is 105 Å². The molecule has 0 aromatic heterocycles. The number of aromatic carboxylic acids is 1. The summed E-state index contributed by atoms with van der Waals surface area (Å²) in [6.45, 7) is 0.577.